The van der Waals surface area contributed by atoms with Crippen molar-refractivity contribution in [3.8, 4) is 0 Å². The summed E-state index contributed by atoms with van der Waals surface area (Å²) in [6.45, 7) is 0. The maximum Gasteiger partial charge on any atom is 0.363 e. The zero-order valence-corrected chi connectivity index (χ0v) is 10.7. The SMILES string of the molecule is Cn1c(C(=O)O)cc(Br)c1/C=N/n1cn[nH]c1=O. The molecule has 0 amide bonds. The summed E-state index contributed by atoms with van der Waals surface area (Å²) in [5, 5.41) is 18.5. The maximum atomic E-state index is 11.1. The topological polar surface area (TPSA) is 105 Å². The van der Waals surface area contributed by atoms with Crippen LogP contribution >= 0.6 is 15.9 Å². The lowest BCUT2D eigenvalue weighted by Crippen LogP contribution is -2.13. The molecular weight excluding hydrogens is 306 g/mol. The molecule has 2 N–H and O–H groups in total. The highest BCUT2D eigenvalue weighted by atomic mass is 79.9. The molecule has 0 aliphatic carbocycles. The molecule has 2 aromatic rings. The number of hydrogen-bond donors (Lipinski definition) is 2. The van der Waals surface area contributed by atoms with Gasteiger partial charge in [0.25, 0.3) is 0 Å². The van der Waals surface area contributed by atoms with Crippen molar-refractivity contribution in [2.24, 2.45) is 12.1 Å². The summed E-state index contributed by atoms with van der Waals surface area (Å²) in [6.07, 6.45) is 2.58. The van der Waals surface area contributed by atoms with Crippen LogP contribution in [0.25, 0.3) is 0 Å². The lowest BCUT2D eigenvalue weighted by molar-refractivity contribution is 0.0686. The summed E-state index contributed by atoms with van der Waals surface area (Å²) >= 11 is 3.23. The predicted octanol–water partition coefficient (Wildman–Crippen LogP) is 0.253. The van der Waals surface area contributed by atoms with Gasteiger partial charge in [-0.25, -0.2) is 14.7 Å². The Labute approximate surface area is 109 Å². The van der Waals surface area contributed by atoms with Gasteiger partial charge in [-0.1, -0.05) is 0 Å². The highest BCUT2D eigenvalue weighted by molar-refractivity contribution is 9.10. The van der Waals surface area contributed by atoms with Gasteiger partial charge in [-0.2, -0.15) is 14.9 Å². The van der Waals surface area contributed by atoms with Crippen molar-refractivity contribution in [2.75, 3.05) is 0 Å². The summed E-state index contributed by atoms with van der Waals surface area (Å²) < 4.78 is 3.02. The first-order valence-corrected chi connectivity index (χ1v) is 5.55. The number of H-pyrrole nitrogens is 1. The Hall–Kier alpha value is -2.16. The number of nitrogens with zero attached hydrogens (tertiary/aromatic N) is 4. The van der Waals surface area contributed by atoms with Gasteiger partial charge in [0.05, 0.1) is 11.9 Å². The largest absolute Gasteiger partial charge is 0.477 e. The Morgan fingerprint density at radius 3 is 2.89 bits per heavy atom. The van der Waals surface area contributed by atoms with Crippen LogP contribution in [0.3, 0.4) is 0 Å². The Balaban J connectivity index is 2.41. The zero-order valence-electron chi connectivity index (χ0n) is 9.16. The van der Waals surface area contributed by atoms with Crippen molar-refractivity contribution in [1.82, 2.24) is 19.4 Å². The first-order chi connectivity index (χ1) is 8.50. The number of hydrogen-bond acceptors (Lipinski definition) is 4. The van der Waals surface area contributed by atoms with Crippen molar-refractivity contribution in [3.63, 3.8) is 0 Å². The lowest BCUT2D eigenvalue weighted by atomic mass is 10.4. The van der Waals surface area contributed by atoms with E-state index < -0.39 is 11.7 Å². The van der Waals surface area contributed by atoms with Crippen LogP contribution in [-0.4, -0.2) is 36.7 Å². The average Bonchev–Trinajstić information content (AvgIpc) is 2.82. The third-order valence-corrected chi connectivity index (χ3v) is 2.92. The number of carboxylic acids is 1. The van der Waals surface area contributed by atoms with Crippen LogP contribution in [0.2, 0.25) is 0 Å². The van der Waals surface area contributed by atoms with E-state index in [-0.39, 0.29) is 5.69 Å². The molecule has 0 saturated heterocycles. The van der Waals surface area contributed by atoms with Crippen molar-refractivity contribution in [2.45, 2.75) is 0 Å². The Morgan fingerprint density at radius 2 is 2.39 bits per heavy atom. The van der Waals surface area contributed by atoms with E-state index in [0.29, 0.717) is 10.2 Å². The molecule has 9 heteroatoms. The number of rotatable bonds is 3. The molecule has 94 valence electrons. The van der Waals surface area contributed by atoms with E-state index in [1.807, 2.05) is 0 Å². The van der Waals surface area contributed by atoms with E-state index in [1.165, 1.54) is 23.2 Å². The summed E-state index contributed by atoms with van der Waals surface area (Å²) in [6, 6.07) is 1.46. The van der Waals surface area contributed by atoms with Gasteiger partial charge in [-0.15, -0.1) is 0 Å². The number of aromatic carboxylic acids is 1. The molecule has 0 bridgehead atoms. The number of carboxylic acid groups (broad SMARTS) is 1. The minimum absolute atomic E-state index is 0.114. The second kappa shape index (κ2) is 4.61. The molecule has 8 nitrogen and oxygen atoms in total. The fourth-order valence-electron chi connectivity index (χ4n) is 1.38. The van der Waals surface area contributed by atoms with Crippen molar-refractivity contribution >= 4 is 28.1 Å². The minimum atomic E-state index is -1.04. The van der Waals surface area contributed by atoms with Gasteiger partial charge in [-0.05, 0) is 22.0 Å². The molecule has 0 radical (unpaired) electrons. The van der Waals surface area contributed by atoms with Crippen molar-refractivity contribution in [1.29, 1.82) is 0 Å². The van der Waals surface area contributed by atoms with Crippen molar-refractivity contribution < 1.29 is 9.90 Å². The highest BCUT2D eigenvalue weighted by Crippen LogP contribution is 2.19. The van der Waals surface area contributed by atoms with Crippen LogP contribution in [0.1, 0.15) is 16.2 Å². The normalized spacial score (nSPS) is 11.2. The molecule has 0 spiro atoms. The summed E-state index contributed by atoms with van der Waals surface area (Å²) in [5.41, 5.74) is 0.165. The van der Waals surface area contributed by atoms with E-state index >= 15 is 0 Å². The first-order valence-electron chi connectivity index (χ1n) is 4.75. The van der Waals surface area contributed by atoms with Crippen LogP contribution < -0.4 is 5.69 Å². The molecule has 2 rings (SSSR count). The number of aromatic amines is 1. The molecule has 2 aromatic heterocycles. The van der Waals surface area contributed by atoms with E-state index in [9.17, 15) is 9.59 Å². The highest BCUT2D eigenvalue weighted by Gasteiger charge is 2.14. The number of nitrogens with one attached hydrogen (secondary N) is 1. The molecule has 2 heterocycles. The number of carbonyl (C=O) groups is 1. The molecular formula is C9H8BrN5O3. The van der Waals surface area contributed by atoms with Crippen LogP contribution in [0.4, 0.5) is 0 Å². The smallest absolute Gasteiger partial charge is 0.363 e. The molecule has 18 heavy (non-hydrogen) atoms. The summed E-state index contributed by atoms with van der Waals surface area (Å²) in [5.74, 6) is -1.04. The second-order valence-corrected chi connectivity index (χ2v) is 4.23. The standard InChI is InChI=1S/C9H8BrN5O3/c1-14-6(8(16)17)2-5(10)7(14)3-12-15-4-11-13-9(15)18/h2-4H,1H3,(H,13,18)(H,16,17)/b12-3+. The van der Waals surface area contributed by atoms with Gasteiger partial charge in [0.1, 0.15) is 12.0 Å². The Kier molecular flexibility index (Phi) is 3.15. The van der Waals surface area contributed by atoms with Gasteiger partial charge in [0.2, 0.25) is 0 Å². The Bertz CT molecular complexity index is 681. The number of halogens is 1. The molecule has 0 saturated carbocycles. The second-order valence-electron chi connectivity index (χ2n) is 3.38. The predicted molar refractivity (Wildman–Crippen MR) is 65.9 cm³/mol. The minimum Gasteiger partial charge on any atom is -0.477 e. The maximum absolute atomic E-state index is 11.1. The summed E-state index contributed by atoms with van der Waals surface area (Å²) in [7, 11) is 1.59. The number of aromatic nitrogens is 4. The fourth-order valence-corrected chi connectivity index (χ4v) is 1.96. The van der Waals surface area contributed by atoms with Gasteiger partial charge >= 0.3 is 11.7 Å². The van der Waals surface area contributed by atoms with E-state index in [2.05, 4.69) is 31.2 Å². The molecule has 0 aliphatic rings. The quantitative estimate of drug-likeness (QED) is 0.792. The van der Waals surface area contributed by atoms with Crippen molar-refractivity contribution in [3.05, 3.63) is 38.7 Å². The van der Waals surface area contributed by atoms with Crippen LogP contribution in [0, 0.1) is 0 Å². The first kappa shape index (κ1) is 12.3. The van der Waals surface area contributed by atoms with Crippen LogP contribution in [0.5, 0.6) is 0 Å². The third-order valence-electron chi connectivity index (χ3n) is 2.29. The molecule has 0 fully saturated rings. The van der Waals surface area contributed by atoms with E-state index in [4.69, 9.17) is 5.11 Å². The zero-order chi connectivity index (χ0) is 13.3. The molecule has 0 aromatic carbocycles. The van der Waals surface area contributed by atoms with Gasteiger partial charge in [-0.3, -0.25) is 0 Å². The van der Waals surface area contributed by atoms with Gasteiger partial charge in [0, 0.05) is 11.5 Å². The van der Waals surface area contributed by atoms with Gasteiger partial charge < -0.3 is 9.67 Å². The van der Waals surface area contributed by atoms with Gasteiger partial charge in [0.15, 0.2) is 0 Å². The lowest BCUT2D eigenvalue weighted by Gasteiger charge is -2.00. The molecule has 0 unspecified atom stereocenters. The average molecular weight is 314 g/mol. The van der Waals surface area contributed by atoms with Crippen LogP contribution in [-0.2, 0) is 7.05 Å². The summed E-state index contributed by atoms with van der Waals surface area (Å²) in [4.78, 5) is 22.1. The third kappa shape index (κ3) is 2.12. The van der Waals surface area contributed by atoms with E-state index in [0.717, 1.165) is 4.68 Å². The molecule has 0 aliphatic heterocycles. The fraction of sp³-hybridized carbons (Fsp3) is 0.111. The van der Waals surface area contributed by atoms with E-state index in [1.54, 1.807) is 7.05 Å². The molecule has 0 atom stereocenters. The monoisotopic (exact) mass is 313 g/mol. The Morgan fingerprint density at radius 1 is 1.67 bits per heavy atom. The van der Waals surface area contributed by atoms with Crippen LogP contribution in [0.15, 0.2) is 26.8 Å².